The molecule has 0 aliphatic heterocycles. The van der Waals surface area contributed by atoms with Crippen LogP contribution in [-0.4, -0.2) is 29.8 Å². The van der Waals surface area contributed by atoms with Gasteiger partial charge in [-0.25, -0.2) is 0 Å². The first-order chi connectivity index (χ1) is 6.13. The van der Waals surface area contributed by atoms with Crippen molar-refractivity contribution in [2.24, 2.45) is 0 Å². The Kier molecular flexibility index (Phi) is 11.3. The molecule has 0 N–H and O–H groups in total. The van der Waals surface area contributed by atoms with Crippen LogP contribution < -0.4 is 0 Å². The van der Waals surface area contributed by atoms with E-state index in [1.54, 1.807) is 6.92 Å². The molecule has 0 aliphatic carbocycles. The van der Waals surface area contributed by atoms with Crippen LogP contribution in [0.1, 0.15) is 48.0 Å². The zero-order valence-corrected chi connectivity index (χ0v) is 10.1. The topological polar surface area (TPSA) is 20.3 Å². The summed E-state index contributed by atoms with van der Waals surface area (Å²) in [6, 6.07) is 0.0972. The molecule has 0 aliphatic rings. The lowest BCUT2D eigenvalue weighted by Crippen LogP contribution is -2.38. The maximum Gasteiger partial charge on any atom is 0.146 e. The van der Waals surface area contributed by atoms with E-state index in [1.807, 2.05) is 20.8 Å². The first kappa shape index (κ1) is 15.1. The summed E-state index contributed by atoms with van der Waals surface area (Å²) in [7, 11) is 0. The van der Waals surface area contributed by atoms with Gasteiger partial charge in [-0.3, -0.25) is 9.69 Å². The molecule has 0 saturated heterocycles. The highest BCUT2D eigenvalue weighted by molar-refractivity contribution is 5.80. The van der Waals surface area contributed by atoms with E-state index >= 15 is 0 Å². The third kappa shape index (κ3) is 6.76. The van der Waals surface area contributed by atoms with Gasteiger partial charge in [0.1, 0.15) is 5.78 Å². The number of hydrogen-bond acceptors (Lipinski definition) is 2. The third-order valence-electron chi connectivity index (χ3n) is 2.05. The molecule has 0 amide bonds. The Morgan fingerprint density at radius 2 is 1.77 bits per heavy atom. The Bertz CT molecular complexity index is 123. The minimum Gasteiger partial charge on any atom is -0.298 e. The maximum atomic E-state index is 11.0. The predicted molar refractivity (Wildman–Crippen MR) is 59.0 cm³/mol. The number of carbonyl (C=O) groups is 1. The quantitative estimate of drug-likeness (QED) is 0.659. The summed E-state index contributed by atoms with van der Waals surface area (Å²) in [6.07, 6.45) is 1.12. The lowest BCUT2D eigenvalue weighted by Gasteiger charge is -2.24. The van der Waals surface area contributed by atoms with Gasteiger partial charge in [0.05, 0.1) is 6.04 Å². The van der Waals surface area contributed by atoms with Gasteiger partial charge in [0.2, 0.25) is 0 Å². The van der Waals surface area contributed by atoms with E-state index in [4.69, 9.17) is 0 Å². The van der Waals surface area contributed by atoms with E-state index in [0.717, 1.165) is 19.5 Å². The average Bonchev–Trinajstić information content (AvgIpc) is 2.16. The predicted octanol–water partition coefficient (Wildman–Crippen LogP) is 2.72. The molecule has 1 atom stereocenters. The van der Waals surface area contributed by atoms with Crippen LogP contribution in [0.25, 0.3) is 0 Å². The van der Waals surface area contributed by atoms with Gasteiger partial charge in [-0.05, 0) is 33.4 Å². The molecule has 0 saturated carbocycles. The summed E-state index contributed by atoms with van der Waals surface area (Å²) in [6.45, 7) is 13.8. The summed E-state index contributed by atoms with van der Waals surface area (Å²) >= 11 is 0. The smallest absolute Gasteiger partial charge is 0.146 e. The standard InChI is InChI=1S/C9H19NO.C2H6/c1-5-7-10(6-2)8(3)9(4)11;1-2/h8H,5-7H2,1-4H3;1-2H3. The van der Waals surface area contributed by atoms with Gasteiger partial charge in [-0.15, -0.1) is 0 Å². The van der Waals surface area contributed by atoms with E-state index in [9.17, 15) is 4.79 Å². The van der Waals surface area contributed by atoms with Gasteiger partial charge in [-0.2, -0.15) is 0 Å². The van der Waals surface area contributed by atoms with Crippen LogP contribution in [-0.2, 0) is 4.79 Å². The Labute approximate surface area is 83.3 Å². The van der Waals surface area contributed by atoms with Crippen molar-refractivity contribution in [2.45, 2.75) is 54.0 Å². The molecule has 0 fully saturated rings. The molecule has 0 aromatic carbocycles. The van der Waals surface area contributed by atoms with Crippen LogP contribution in [0.5, 0.6) is 0 Å². The molecule has 0 radical (unpaired) electrons. The summed E-state index contributed by atoms with van der Waals surface area (Å²) in [5.74, 6) is 0.264. The first-order valence-corrected chi connectivity index (χ1v) is 5.38. The minimum absolute atomic E-state index is 0.0972. The Morgan fingerprint density at radius 3 is 2.00 bits per heavy atom. The monoisotopic (exact) mass is 187 g/mol. The van der Waals surface area contributed by atoms with E-state index in [2.05, 4.69) is 18.7 Å². The van der Waals surface area contributed by atoms with Crippen molar-refractivity contribution in [1.29, 1.82) is 0 Å². The molecule has 0 bridgehead atoms. The number of hydrogen-bond donors (Lipinski definition) is 0. The fourth-order valence-electron chi connectivity index (χ4n) is 1.17. The highest BCUT2D eigenvalue weighted by Crippen LogP contribution is 2.00. The Morgan fingerprint density at radius 1 is 1.31 bits per heavy atom. The van der Waals surface area contributed by atoms with Crippen LogP contribution in [0.15, 0.2) is 0 Å². The minimum atomic E-state index is 0.0972. The van der Waals surface area contributed by atoms with Crippen molar-refractivity contribution in [2.75, 3.05) is 13.1 Å². The number of likely N-dealkylation sites (N-methyl/N-ethyl adjacent to an activating group) is 1. The second kappa shape index (κ2) is 9.72. The van der Waals surface area contributed by atoms with Gasteiger partial charge in [-0.1, -0.05) is 27.7 Å². The second-order valence-corrected chi connectivity index (χ2v) is 2.92. The molecule has 0 aromatic heterocycles. The molecule has 2 heteroatoms. The summed E-state index contributed by atoms with van der Waals surface area (Å²) in [5.41, 5.74) is 0. The maximum absolute atomic E-state index is 11.0. The van der Waals surface area contributed by atoms with Crippen molar-refractivity contribution < 1.29 is 4.79 Å². The molecule has 0 heterocycles. The van der Waals surface area contributed by atoms with Crippen molar-refractivity contribution in [1.82, 2.24) is 4.90 Å². The summed E-state index contributed by atoms with van der Waals surface area (Å²) in [5, 5.41) is 0. The zero-order valence-electron chi connectivity index (χ0n) is 10.1. The summed E-state index contributed by atoms with van der Waals surface area (Å²) < 4.78 is 0. The zero-order chi connectivity index (χ0) is 10.9. The van der Waals surface area contributed by atoms with Crippen molar-refractivity contribution in [3.8, 4) is 0 Å². The molecule has 80 valence electrons. The van der Waals surface area contributed by atoms with Crippen LogP contribution in [0.2, 0.25) is 0 Å². The molecular weight excluding hydrogens is 162 g/mol. The molecule has 0 rings (SSSR count). The molecule has 13 heavy (non-hydrogen) atoms. The highest BCUT2D eigenvalue weighted by Gasteiger charge is 2.14. The molecule has 1 unspecified atom stereocenters. The number of rotatable bonds is 5. The molecule has 2 nitrogen and oxygen atoms in total. The second-order valence-electron chi connectivity index (χ2n) is 2.92. The fourth-order valence-corrected chi connectivity index (χ4v) is 1.17. The van der Waals surface area contributed by atoms with Crippen LogP contribution in [0.3, 0.4) is 0 Å². The SMILES string of the molecule is CC.CCCN(CC)C(C)C(C)=O. The third-order valence-corrected chi connectivity index (χ3v) is 2.05. The summed E-state index contributed by atoms with van der Waals surface area (Å²) in [4.78, 5) is 13.2. The largest absolute Gasteiger partial charge is 0.298 e. The number of carbonyl (C=O) groups excluding carboxylic acids is 1. The van der Waals surface area contributed by atoms with Crippen LogP contribution in [0, 0.1) is 0 Å². The van der Waals surface area contributed by atoms with Gasteiger partial charge in [0, 0.05) is 0 Å². The van der Waals surface area contributed by atoms with E-state index in [-0.39, 0.29) is 11.8 Å². The van der Waals surface area contributed by atoms with Gasteiger partial charge >= 0.3 is 0 Å². The van der Waals surface area contributed by atoms with Gasteiger partial charge < -0.3 is 0 Å². The number of ketones is 1. The average molecular weight is 187 g/mol. The highest BCUT2D eigenvalue weighted by atomic mass is 16.1. The van der Waals surface area contributed by atoms with E-state index in [1.165, 1.54) is 0 Å². The molecule has 0 aromatic rings. The van der Waals surface area contributed by atoms with Crippen molar-refractivity contribution in [3.63, 3.8) is 0 Å². The van der Waals surface area contributed by atoms with E-state index in [0.29, 0.717) is 0 Å². The van der Waals surface area contributed by atoms with Crippen LogP contribution in [0.4, 0.5) is 0 Å². The number of nitrogens with zero attached hydrogens (tertiary/aromatic N) is 1. The van der Waals surface area contributed by atoms with Gasteiger partial charge in [0.15, 0.2) is 0 Å². The molecular formula is C11H25NO. The Hall–Kier alpha value is -0.370. The first-order valence-electron chi connectivity index (χ1n) is 5.38. The van der Waals surface area contributed by atoms with Gasteiger partial charge in [0.25, 0.3) is 0 Å². The van der Waals surface area contributed by atoms with Crippen LogP contribution >= 0.6 is 0 Å². The fraction of sp³-hybridized carbons (Fsp3) is 0.909. The lowest BCUT2D eigenvalue weighted by atomic mass is 10.2. The normalized spacial score (nSPS) is 11.9. The molecule has 0 spiro atoms. The van der Waals surface area contributed by atoms with Crippen molar-refractivity contribution in [3.05, 3.63) is 0 Å². The van der Waals surface area contributed by atoms with E-state index < -0.39 is 0 Å². The number of Topliss-reactive ketones (excluding diaryl/α,β-unsaturated/α-hetero) is 1. The van der Waals surface area contributed by atoms with Crippen molar-refractivity contribution >= 4 is 5.78 Å². The lowest BCUT2D eigenvalue weighted by molar-refractivity contribution is -0.121. The Balaban J connectivity index is 0.